The van der Waals surface area contributed by atoms with Crippen molar-refractivity contribution in [3.05, 3.63) is 162 Å². The third kappa shape index (κ3) is 4.97. The van der Waals surface area contributed by atoms with Crippen LogP contribution in [0.25, 0.3) is 89.0 Å². The molecule has 0 unspecified atom stereocenters. The number of nitrogens with zero attached hydrogens (tertiary/aromatic N) is 5. The fraction of sp³-hybridized carbons (Fsp3) is 0.0455. The Morgan fingerprint density at radius 2 is 0.860 bits per heavy atom. The molecule has 0 saturated carbocycles. The van der Waals surface area contributed by atoms with Gasteiger partial charge in [-0.3, -0.25) is 9.13 Å². The van der Waals surface area contributed by atoms with Crippen LogP contribution in [0.4, 0.5) is 0 Å². The van der Waals surface area contributed by atoms with Crippen LogP contribution < -0.4 is 5.69 Å². The van der Waals surface area contributed by atoms with E-state index in [4.69, 9.17) is 15.0 Å². The van der Waals surface area contributed by atoms with Crippen LogP contribution >= 0.6 is 0 Å². The zero-order valence-corrected chi connectivity index (χ0v) is 27.6. The predicted octanol–water partition coefficient (Wildman–Crippen LogP) is 9.70. The monoisotopic (exact) mass is 645 g/mol. The minimum atomic E-state index is -0.0381. The topological polar surface area (TPSA) is 65.6 Å². The molecule has 2 aromatic heterocycles. The Morgan fingerprint density at radius 3 is 1.44 bits per heavy atom. The largest absolute Gasteiger partial charge is 0.328 e. The summed E-state index contributed by atoms with van der Waals surface area (Å²) in [4.78, 5) is 27.8. The summed E-state index contributed by atoms with van der Waals surface area (Å²) in [5, 5.41) is 4.52. The van der Waals surface area contributed by atoms with Crippen molar-refractivity contribution in [2.45, 2.75) is 0 Å². The van der Waals surface area contributed by atoms with Crippen molar-refractivity contribution in [1.82, 2.24) is 24.1 Å². The zero-order chi connectivity index (χ0) is 33.8. The fourth-order valence-electron chi connectivity index (χ4n) is 6.99. The number of hydrogen-bond acceptors (Lipinski definition) is 4. The highest BCUT2D eigenvalue weighted by molar-refractivity contribution is 6.08. The summed E-state index contributed by atoms with van der Waals surface area (Å²) >= 11 is 0. The maximum absolute atomic E-state index is 12.7. The molecule has 0 bridgehead atoms. The Labute approximate surface area is 288 Å². The molecule has 2 heterocycles. The molecule has 0 saturated heterocycles. The van der Waals surface area contributed by atoms with E-state index in [1.54, 1.807) is 9.13 Å². The molecule has 0 spiro atoms. The average molecular weight is 646 g/mol. The minimum Gasteiger partial charge on any atom is -0.295 e. The number of benzene rings is 7. The van der Waals surface area contributed by atoms with E-state index in [0.717, 1.165) is 71.5 Å². The molecule has 0 atom stereocenters. The second kappa shape index (κ2) is 11.8. The Morgan fingerprint density at radius 1 is 0.400 bits per heavy atom. The van der Waals surface area contributed by atoms with Gasteiger partial charge in [0.25, 0.3) is 0 Å². The quantitative estimate of drug-likeness (QED) is 0.187. The lowest BCUT2D eigenvalue weighted by Gasteiger charge is -2.16. The van der Waals surface area contributed by atoms with E-state index in [1.165, 1.54) is 0 Å². The molecule has 6 heteroatoms. The summed E-state index contributed by atoms with van der Waals surface area (Å²) in [6, 6.07) is 52.3. The molecule has 9 aromatic rings. The van der Waals surface area contributed by atoms with Gasteiger partial charge in [-0.2, -0.15) is 0 Å². The molecule has 0 N–H and O–H groups in total. The molecule has 0 aliphatic rings. The molecule has 6 nitrogen and oxygen atoms in total. The third-order valence-corrected chi connectivity index (χ3v) is 9.58. The number of fused-ring (bicyclic) bond motifs is 3. The first kappa shape index (κ1) is 29.5. The molecular formula is C44H31N5O. The van der Waals surface area contributed by atoms with E-state index >= 15 is 0 Å². The SMILES string of the molecule is Cn1c(=O)n(C)c2cc(-c3cc(-c4cc(-c5nc(-c6ccccc6)nc(-c6ccccc6)n5)cc5ccccc45)c4ccccc4c3)ccc21. The van der Waals surface area contributed by atoms with E-state index in [-0.39, 0.29) is 5.69 Å². The molecule has 238 valence electrons. The smallest absolute Gasteiger partial charge is 0.295 e. The van der Waals surface area contributed by atoms with Gasteiger partial charge in [-0.25, -0.2) is 19.7 Å². The number of aryl methyl sites for hydroxylation is 2. The molecule has 0 aliphatic carbocycles. The molecule has 50 heavy (non-hydrogen) atoms. The van der Waals surface area contributed by atoms with Crippen LogP contribution in [0.3, 0.4) is 0 Å². The van der Waals surface area contributed by atoms with Gasteiger partial charge < -0.3 is 0 Å². The number of aromatic nitrogens is 5. The highest BCUT2D eigenvalue weighted by Gasteiger charge is 2.17. The van der Waals surface area contributed by atoms with E-state index in [9.17, 15) is 4.79 Å². The van der Waals surface area contributed by atoms with Crippen LogP contribution in [0.2, 0.25) is 0 Å². The van der Waals surface area contributed by atoms with Crippen molar-refractivity contribution >= 4 is 32.6 Å². The normalized spacial score (nSPS) is 11.5. The Bertz CT molecular complexity index is 2740. The summed E-state index contributed by atoms with van der Waals surface area (Å²) in [6.07, 6.45) is 0. The first-order valence-corrected chi connectivity index (χ1v) is 16.6. The molecule has 9 rings (SSSR count). The standard InChI is InChI=1S/C44H31N5O/c1-48-39-22-21-30(27-40(39)49(2)44(48)50)33-23-31-17-9-11-19-35(31)37(25-33)38-26-34(24-32-18-10-12-20-36(32)38)43-46-41(28-13-5-3-6-14-28)45-42(47-43)29-15-7-4-8-16-29/h3-27H,1-2H3. The molecule has 0 amide bonds. The summed E-state index contributed by atoms with van der Waals surface area (Å²) in [5.41, 5.74) is 8.86. The number of rotatable bonds is 5. The lowest BCUT2D eigenvalue weighted by atomic mass is 9.89. The first-order chi connectivity index (χ1) is 24.5. The van der Waals surface area contributed by atoms with Gasteiger partial charge in [0.2, 0.25) is 0 Å². The van der Waals surface area contributed by atoms with E-state index in [2.05, 4.69) is 84.9 Å². The van der Waals surface area contributed by atoms with Gasteiger partial charge >= 0.3 is 5.69 Å². The van der Waals surface area contributed by atoms with Crippen molar-refractivity contribution in [2.75, 3.05) is 0 Å². The molecule has 0 fully saturated rings. The van der Waals surface area contributed by atoms with Crippen molar-refractivity contribution in [2.24, 2.45) is 14.1 Å². The Balaban J connectivity index is 1.29. The Kier molecular flexibility index (Phi) is 6.95. The second-order valence-corrected chi connectivity index (χ2v) is 12.6. The van der Waals surface area contributed by atoms with E-state index < -0.39 is 0 Å². The fourth-order valence-corrected chi connectivity index (χ4v) is 6.99. The van der Waals surface area contributed by atoms with Crippen molar-refractivity contribution in [3.63, 3.8) is 0 Å². The van der Waals surface area contributed by atoms with Crippen molar-refractivity contribution < 1.29 is 0 Å². The number of hydrogen-bond donors (Lipinski definition) is 0. The summed E-state index contributed by atoms with van der Waals surface area (Å²) < 4.78 is 3.40. The summed E-state index contributed by atoms with van der Waals surface area (Å²) in [6.45, 7) is 0. The minimum absolute atomic E-state index is 0.0381. The van der Waals surface area contributed by atoms with Crippen LogP contribution in [-0.4, -0.2) is 24.1 Å². The van der Waals surface area contributed by atoms with Gasteiger partial charge in [0.15, 0.2) is 17.5 Å². The summed E-state index contributed by atoms with van der Waals surface area (Å²) in [7, 11) is 3.64. The maximum atomic E-state index is 12.7. The highest BCUT2D eigenvalue weighted by Crippen LogP contribution is 2.40. The average Bonchev–Trinajstić information content (AvgIpc) is 3.40. The van der Waals surface area contributed by atoms with Gasteiger partial charge in [0, 0.05) is 30.8 Å². The van der Waals surface area contributed by atoms with Crippen LogP contribution in [0.15, 0.2) is 156 Å². The van der Waals surface area contributed by atoms with Gasteiger partial charge in [0.1, 0.15) is 0 Å². The highest BCUT2D eigenvalue weighted by atomic mass is 16.1. The molecular weight excluding hydrogens is 615 g/mol. The third-order valence-electron chi connectivity index (χ3n) is 9.58. The lowest BCUT2D eigenvalue weighted by molar-refractivity contribution is 0.795. The van der Waals surface area contributed by atoms with E-state index in [0.29, 0.717) is 17.5 Å². The summed E-state index contributed by atoms with van der Waals surface area (Å²) in [5.74, 6) is 1.87. The molecule has 0 radical (unpaired) electrons. The van der Waals surface area contributed by atoms with Crippen molar-refractivity contribution in [3.8, 4) is 56.4 Å². The van der Waals surface area contributed by atoms with Gasteiger partial charge in [-0.05, 0) is 80.2 Å². The molecule has 7 aromatic carbocycles. The van der Waals surface area contributed by atoms with Gasteiger partial charge in [0.05, 0.1) is 11.0 Å². The van der Waals surface area contributed by atoms with Crippen LogP contribution in [0, 0.1) is 0 Å². The van der Waals surface area contributed by atoms with Crippen molar-refractivity contribution in [1.29, 1.82) is 0 Å². The predicted molar refractivity (Wildman–Crippen MR) is 204 cm³/mol. The van der Waals surface area contributed by atoms with Gasteiger partial charge in [-0.1, -0.05) is 115 Å². The van der Waals surface area contributed by atoms with Crippen LogP contribution in [0.1, 0.15) is 0 Å². The van der Waals surface area contributed by atoms with E-state index in [1.807, 2.05) is 80.8 Å². The molecule has 0 aliphatic heterocycles. The number of imidazole rings is 1. The maximum Gasteiger partial charge on any atom is 0.328 e. The van der Waals surface area contributed by atoms with Crippen LogP contribution in [0.5, 0.6) is 0 Å². The van der Waals surface area contributed by atoms with Crippen LogP contribution in [-0.2, 0) is 14.1 Å². The Hall–Kier alpha value is -6.66. The van der Waals surface area contributed by atoms with Gasteiger partial charge in [-0.15, -0.1) is 0 Å². The lowest BCUT2D eigenvalue weighted by Crippen LogP contribution is -2.19. The zero-order valence-electron chi connectivity index (χ0n) is 27.6. The first-order valence-electron chi connectivity index (χ1n) is 16.6. The second-order valence-electron chi connectivity index (χ2n) is 12.6.